The fourth-order valence-corrected chi connectivity index (χ4v) is 2.95. The zero-order chi connectivity index (χ0) is 14.2. The summed E-state index contributed by atoms with van der Waals surface area (Å²) in [5.74, 6) is 0.834. The van der Waals surface area contributed by atoms with Crippen molar-refractivity contribution in [3.63, 3.8) is 0 Å². The Morgan fingerprint density at radius 2 is 1.65 bits per heavy atom. The molecule has 1 saturated carbocycles. The lowest BCUT2D eigenvalue weighted by Gasteiger charge is -2.12. The fraction of sp³-hybridized carbons (Fsp3) is 0.750. The molecule has 1 aromatic heterocycles. The van der Waals surface area contributed by atoms with E-state index in [4.69, 9.17) is 4.52 Å². The Bertz CT molecular complexity index is 402. The summed E-state index contributed by atoms with van der Waals surface area (Å²) in [7, 11) is 1.36. The van der Waals surface area contributed by atoms with E-state index in [1.165, 1.54) is 58.5 Å². The number of nitrogens with zero attached hydrogens (tertiary/aromatic N) is 1. The zero-order valence-electron chi connectivity index (χ0n) is 12.4. The third kappa shape index (κ3) is 4.36. The van der Waals surface area contributed by atoms with Crippen LogP contribution in [0.1, 0.15) is 86.4 Å². The molecule has 0 aliphatic heterocycles. The normalized spacial score (nSPS) is 19.2. The summed E-state index contributed by atoms with van der Waals surface area (Å²) in [6.45, 7) is 0. The van der Waals surface area contributed by atoms with E-state index in [0.717, 1.165) is 18.6 Å². The second kappa shape index (κ2) is 8.08. The van der Waals surface area contributed by atoms with Crippen molar-refractivity contribution in [1.29, 1.82) is 0 Å². The molecule has 20 heavy (non-hydrogen) atoms. The molecule has 1 aromatic rings. The van der Waals surface area contributed by atoms with Gasteiger partial charge in [0.1, 0.15) is 5.76 Å². The number of hydrogen-bond donors (Lipinski definition) is 0. The van der Waals surface area contributed by atoms with Crippen LogP contribution in [-0.4, -0.2) is 18.2 Å². The standard InChI is InChI=1S/C16H25NO3/c1-19-16(18)14-12-15(20-17-14)13-10-8-6-4-2-3-5-7-9-11-13/h12-13H,2-11H2,1H3. The third-order valence-corrected chi connectivity index (χ3v) is 4.18. The lowest BCUT2D eigenvalue weighted by atomic mass is 9.93. The third-order valence-electron chi connectivity index (χ3n) is 4.18. The maximum Gasteiger partial charge on any atom is 0.360 e. The van der Waals surface area contributed by atoms with Gasteiger partial charge in [-0.2, -0.15) is 0 Å². The van der Waals surface area contributed by atoms with Crippen molar-refractivity contribution >= 4 is 5.97 Å². The van der Waals surface area contributed by atoms with Crippen LogP contribution in [0.3, 0.4) is 0 Å². The highest BCUT2D eigenvalue weighted by molar-refractivity contribution is 5.86. The van der Waals surface area contributed by atoms with Crippen LogP contribution in [0.5, 0.6) is 0 Å². The van der Waals surface area contributed by atoms with Crippen molar-refractivity contribution in [2.24, 2.45) is 0 Å². The summed E-state index contributed by atoms with van der Waals surface area (Å²) in [5, 5.41) is 3.83. The van der Waals surface area contributed by atoms with E-state index in [1.54, 1.807) is 6.07 Å². The molecule has 4 nitrogen and oxygen atoms in total. The van der Waals surface area contributed by atoms with E-state index >= 15 is 0 Å². The average molecular weight is 279 g/mol. The number of hydrogen-bond acceptors (Lipinski definition) is 4. The highest BCUT2D eigenvalue weighted by Crippen LogP contribution is 2.30. The Balaban J connectivity index is 1.99. The number of ether oxygens (including phenoxy) is 1. The number of rotatable bonds is 2. The van der Waals surface area contributed by atoms with Crippen LogP contribution in [-0.2, 0) is 4.74 Å². The van der Waals surface area contributed by atoms with E-state index in [9.17, 15) is 4.79 Å². The second-order valence-corrected chi connectivity index (χ2v) is 5.71. The van der Waals surface area contributed by atoms with E-state index in [-0.39, 0.29) is 5.69 Å². The van der Waals surface area contributed by atoms with Crippen molar-refractivity contribution in [1.82, 2.24) is 5.16 Å². The van der Waals surface area contributed by atoms with Gasteiger partial charge in [0.25, 0.3) is 0 Å². The predicted molar refractivity (Wildman–Crippen MR) is 76.8 cm³/mol. The van der Waals surface area contributed by atoms with Crippen molar-refractivity contribution in [3.05, 3.63) is 17.5 Å². The molecule has 0 radical (unpaired) electrons. The van der Waals surface area contributed by atoms with Gasteiger partial charge in [0.15, 0.2) is 5.69 Å². The number of carbonyl (C=O) groups excluding carboxylic acids is 1. The minimum absolute atomic E-state index is 0.289. The molecule has 0 aromatic carbocycles. The topological polar surface area (TPSA) is 52.3 Å². The molecule has 0 bridgehead atoms. The summed E-state index contributed by atoms with van der Waals surface area (Å²) in [6.07, 6.45) is 12.8. The largest absolute Gasteiger partial charge is 0.464 e. The first kappa shape index (κ1) is 15.1. The van der Waals surface area contributed by atoms with Crippen LogP contribution in [0.25, 0.3) is 0 Å². The van der Waals surface area contributed by atoms with Crippen LogP contribution in [0.4, 0.5) is 0 Å². The Morgan fingerprint density at radius 3 is 2.20 bits per heavy atom. The average Bonchev–Trinajstić information content (AvgIpc) is 2.93. The summed E-state index contributed by atoms with van der Waals surface area (Å²) in [5.41, 5.74) is 0.289. The number of aromatic nitrogens is 1. The minimum Gasteiger partial charge on any atom is -0.464 e. The first-order valence-electron chi connectivity index (χ1n) is 7.86. The van der Waals surface area contributed by atoms with Crippen molar-refractivity contribution in [2.45, 2.75) is 70.1 Å². The summed E-state index contributed by atoms with van der Waals surface area (Å²) < 4.78 is 10.0. The monoisotopic (exact) mass is 279 g/mol. The van der Waals surface area contributed by atoms with Gasteiger partial charge in [-0.3, -0.25) is 0 Å². The fourth-order valence-electron chi connectivity index (χ4n) is 2.95. The minimum atomic E-state index is -0.420. The predicted octanol–water partition coefficient (Wildman–Crippen LogP) is 4.46. The van der Waals surface area contributed by atoms with Crippen molar-refractivity contribution in [2.75, 3.05) is 7.11 Å². The van der Waals surface area contributed by atoms with Crippen LogP contribution in [0.15, 0.2) is 10.6 Å². The van der Waals surface area contributed by atoms with Crippen LogP contribution < -0.4 is 0 Å². The molecule has 1 aliphatic rings. The molecular weight excluding hydrogens is 254 g/mol. The molecule has 0 saturated heterocycles. The van der Waals surface area contributed by atoms with E-state index < -0.39 is 5.97 Å². The van der Waals surface area contributed by atoms with Crippen LogP contribution >= 0.6 is 0 Å². The molecule has 1 fully saturated rings. The molecule has 0 atom stereocenters. The number of methoxy groups -OCH3 is 1. The Kier molecular flexibility index (Phi) is 6.09. The van der Waals surface area contributed by atoms with E-state index in [1.807, 2.05) is 0 Å². The van der Waals surface area contributed by atoms with Gasteiger partial charge in [0.2, 0.25) is 0 Å². The first-order chi connectivity index (χ1) is 9.81. The first-order valence-corrected chi connectivity index (χ1v) is 7.86. The van der Waals surface area contributed by atoms with Crippen LogP contribution in [0, 0.1) is 0 Å². The Labute approximate surface area is 120 Å². The second-order valence-electron chi connectivity index (χ2n) is 5.71. The SMILES string of the molecule is COC(=O)c1cc(C2CCCCCCCCCC2)on1. The number of carbonyl (C=O) groups is 1. The molecule has 112 valence electrons. The van der Waals surface area contributed by atoms with Gasteiger partial charge in [-0.1, -0.05) is 56.5 Å². The van der Waals surface area contributed by atoms with E-state index in [0.29, 0.717) is 5.92 Å². The van der Waals surface area contributed by atoms with E-state index in [2.05, 4.69) is 9.89 Å². The molecule has 2 rings (SSSR count). The highest BCUT2D eigenvalue weighted by Gasteiger charge is 2.20. The van der Waals surface area contributed by atoms with Gasteiger partial charge >= 0.3 is 5.97 Å². The quantitative estimate of drug-likeness (QED) is 0.750. The molecule has 0 unspecified atom stereocenters. The van der Waals surface area contributed by atoms with Gasteiger partial charge in [0.05, 0.1) is 7.11 Å². The molecule has 1 heterocycles. The molecular formula is C16H25NO3. The lowest BCUT2D eigenvalue weighted by Crippen LogP contribution is -2.01. The zero-order valence-corrected chi connectivity index (χ0v) is 12.4. The maximum atomic E-state index is 11.4. The molecule has 4 heteroatoms. The van der Waals surface area contributed by atoms with Crippen LogP contribution in [0.2, 0.25) is 0 Å². The van der Waals surface area contributed by atoms with Gasteiger partial charge < -0.3 is 9.26 Å². The molecule has 0 spiro atoms. The lowest BCUT2D eigenvalue weighted by molar-refractivity contribution is 0.0589. The summed E-state index contributed by atoms with van der Waals surface area (Å²) in [4.78, 5) is 11.4. The van der Waals surface area contributed by atoms with Gasteiger partial charge in [-0.25, -0.2) is 4.79 Å². The summed E-state index contributed by atoms with van der Waals surface area (Å²) in [6, 6.07) is 1.76. The Morgan fingerprint density at radius 1 is 1.10 bits per heavy atom. The highest BCUT2D eigenvalue weighted by atomic mass is 16.5. The summed E-state index contributed by atoms with van der Waals surface area (Å²) >= 11 is 0. The van der Waals surface area contributed by atoms with Gasteiger partial charge in [-0.05, 0) is 12.8 Å². The maximum absolute atomic E-state index is 11.4. The van der Waals surface area contributed by atoms with Crippen molar-refractivity contribution < 1.29 is 14.1 Å². The Hall–Kier alpha value is -1.32. The van der Waals surface area contributed by atoms with Gasteiger partial charge in [0, 0.05) is 12.0 Å². The molecule has 0 N–H and O–H groups in total. The molecule has 1 aliphatic carbocycles. The van der Waals surface area contributed by atoms with Crippen molar-refractivity contribution in [3.8, 4) is 0 Å². The molecule has 0 amide bonds. The smallest absolute Gasteiger partial charge is 0.360 e. The number of esters is 1. The van der Waals surface area contributed by atoms with Gasteiger partial charge in [-0.15, -0.1) is 0 Å².